The Balaban J connectivity index is 1.59. The number of halogens is 1. The van der Waals surface area contributed by atoms with Gasteiger partial charge in [0.15, 0.2) is 0 Å². The number of benzene rings is 2. The summed E-state index contributed by atoms with van der Waals surface area (Å²) in [5.74, 6) is 0.280. The Labute approximate surface area is 164 Å². The fourth-order valence-corrected chi connectivity index (χ4v) is 3.16. The van der Waals surface area contributed by atoms with Gasteiger partial charge in [0.1, 0.15) is 18.2 Å². The molecule has 0 saturated carbocycles. The molecule has 0 saturated heterocycles. The minimum Gasteiger partial charge on any atom is -0.492 e. The number of anilines is 1. The second-order valence-electron chi connectivity index (χ2n) is 7.52. The van der Waals surface area contributed by atoms with E-state index in [0.717, 1.165) is 16.9 Å². The van der Waals surface area contributed by atoms with Crippen LogP contribution in [0.25, 0.3) is 0 Å². The summed E-state index contributed by atoms with van der Waals surface area (Å²) in [5, 5.41) is 5.77. The molecule has 3 rings (SSSR count). The third-order valence-electron chi connectivity index (χ3n) is 4.60. The summed E-state index contributed by atoms with van der Waals surface area (Å²) in [6.07, 6.45) is 1.00. The van der Waals surface area contributed by atoms with Gasteiger partial charge < -0.3 is 15.4 Å². The second-order valence-corrected chi connectivity index (χ2v) is 7.52. The van der Waals surface area contributed by atoms with Gasteiger partial charge in [-0.2, -0.15) is 0 Å². The number of hydrogen-bond donors (Lipinski definition) is 2. The van der Waals surface area contributed by atoms with E-state index in [1.807, 2.05) is 32.0 Å². The van der Waals surface area contributed by atoms with E-state index in [1.165, 1.54) is 12.1 Å². The quantitative estimate of drug-likeness (QED) is 0.798. The first-order valence-electron chi connectivity index (χ1n) is 9.48. The molecule has 1 atom stereocenters. The summed E-state index contributed by atoms with van der Waals surface area (Å²) in [7, 11) is 0. The van der Waals surface area contributed by atoms with Crippen molar-refractivity contribution in [3.63, 3.8) is 0 Å². The minimum absolute atomic E-state index is 0.0275. The van der Waals surface area contributed by atoms with Crippen LogP contribution in [0.15, 0.2) is 42.5 Å². The monoisotopic (exact) mass is 384 g/mol. The van der Waals surface area contributed by atoms with Crippen LogP contribution in [0.3, 0.4) is 0 Å². The van der Waals surface area contributed by atoms with E-state index < -0.39 is 0 Å². The van der Waals surface area contributed by atoms with E-state index in [-0.39, 0.29) is 29.5 Å². The number of ether oxygens (including phenoxy) is 1. The number of carbonyl (C=O) groups is 2. The molecule has 1 heterocycles. The molecular formula is C22H25FN2O3. The van der Waals surface area contributed by atoms with Gasteiger partial charge in [0.2, 0.25) is 11.8 Å². The normalized spacial score (nSPS) is 15.5. The highest BCUT2D eigenvalue weighted by molar-refractivity contribution is 5.91. The van der Waals surface area contributed by atoms with Crippen molar-refractivity contribution in [1.29, 1.82) is 0 Å². The topological polar surface area (TPSA) is 67.4 Å². The number of fused-ring (bicyclic) bond motifs is 1. The molecule has 2 aromatic carbocycles. The third kappa shape index (κ3) is 5.31. The lowest BCUT2D eigenvalue weighted by Gasteiger charge is -2.25. The zero-order valence-electron chi connectivity index (χ0n) is 16.1. The number of nitrogens with one attached hydrogen (secondary N) is 2. The Morgan fingerprint density at radius 2 is 1.93 bits per heavy atom. The highest BCUT2D eigenvalue weighted by Crippen LogP contribution is 2.30. The van der Waals surface area contributed by atoms with Crippen LogP contribution in [-0.2, 0) is 22.6 Å². The van der Waals surface area contributed by atoms with Crippen LogP contribution in [0.4, 0.5) is 10.1 Å². The molecule has 0 spiro atoms. The van der Waals surface area contributed by atoms with Crippen molar-refractivity contribution in [2.24, 2.45) is 11.8 Å². The van der Waals surface area contributed by atoms with Crippen molar-refractivity contribution in [2.45, 2.75) is 33.2 Å². The Morgan fingerprint density at radius 3 is 2.64 bits per heavy atom. The summed E-state index contributed by atoms with van der Waals surface area (Å²) in [6.45, 7) is 4.64. The molecule has 6 heteroatoms. The maximum absolute atomic E-state index is 13.0. The van der Waals surface area contributed by atoms with Crippen LogP contribution in [-0.4, -0.2) is 18.4 Å². The van der Waals surface area contributed by atoms with Crippen LogP contribution < -0.4 is 15.4 Å². The minimum atomic E-state index is -0.311. The third-order valence-corrected chi connectivity index (χ3v) is 4.60. The SMILES string of the molecule is CC(C)CC(=O)Nc1ccc2c(c1)CC(C(=O)NCc1ccc(F)cc1)CO2. The first kappa shape index (κ1) is 19.9. The molecule has 0 bridgehead atoms. The predicted molar refractivity (Wildman–Crippen MR) is 105 cm³/mol. The summed E-state index contributed by atoms with van der Waals surface area (Å²) < 4.78 is 18.7. The molecule has 0 aliphatic carbocycles. The second kappa shape index (κ2) is 8.87. The van der Waals surface area contributed by atoms with E-state index in [9.17, 15) is 14.0 Å². The van der Waals surface area contributed by atoms with Gasteiger partial charge in [-0.15, -0.1) is 0 Å². The van der Waals surface area contributed by atoms with Crippen LogP contribution in [0.2, 0.25) is 0 Å². The molecule has 0 radical (unpaired) electrons. The van der Waals surface area contributed by atoms with Crippen LogP contribution in [0.5, 0.6) is 5.75 Å². The van der Waals surface area contributed by atoms with Gasteiger partial charge in [-0.1, -0.05) is 26.0 Å². The number of amides is 2. The lowest BCUT2D eigenvalue weighted by molar-refractivity contribution is -0.126. The maximum Gasteiger partial charge on any atom is 0.227 e. The Bertz CT molecular complexity index is 849. The molecule has 28 heavy (non-hydrogen) atoms. The van der Waals surface area contributed by atoms with Crippen LogP contribution in [0.1, 0.15) is 31.4 Å². The smallest absolute Gasteiger partial charge is 0.227 e. The summed E-state index contributed by atoms with van der Waals surface area (Å²) in [5.41, 5.74) is 2.44. The first-order chi connectivity index (χ1) is 13.4. The Hall–Kier alpha value is -2.89. The maximum atomic E-state index is 13.0. The average molecular weight is 384 g/mol. The van der Waals surface area contributed by atoms with Crippen molar-refractivity contribution >= 4 is 17.5 Å². The predicted octanol–water partition coefficient (Wildman–Crippen LogP) is 3.68. The highest BCUT2D eigenvalue weighted by atomic mass is 19.1. The molecule has 2 amide bonds. The van der Waals surface area contributed by atoms with E-state index in [0.29, 0.717) is 31.7 Å². The van der Waals surface area contributed by atoms with Crippen molar-refractivity contribution in [1.82, 2.24) is 5.32 Å². The van der Waals surface area contributed by atoms with Crippen molar-refractivity contribution in [3.05, 3.63) is 59.4 Å². The average Bonchev–Trinajstić information content (AvgIpc) is 2.66. The Kier molecular flexibility index (Phi) is 6.29. The lowest BCUT2D eigenvalue weighted by Crippen LogP contribution is -2.37. The summed E-state index contributed by atoms with van der Waals surface area (Å²) >= 11 is 0. The highest BCUT2D eigenvalue weighted by Gasteiger charge is 2.26. The summed E-state index contributed by atoms with van der Waals surface area (Å²) in [6, 6.07) is 11.5. The lowest BCUT2D eigenvalue weighted by atomic mass is 9.95. The molecule has 1 aliphatic rings. The fraction of sp³-hybridized carbons (Fsp3) is 0.364. The molecule has 0 aromatic heterocycles. The molecule has 5 nitrogen and oxygen atoms in total. The van der Waals surface area contributed by atoms with E-state index >= 15 is 0 Å². The molecule has 2 N–H and O–H groups in total. The van der Waals surface area contributed by atoms with Crippen molar-refractivity contribution in [2.75, 3.05) is 11.9 Å². The van der Waals surface area contributed by atoms with Crippen molar-refractivity contribution < 1.29 is 18.7 Å². The van der Waals surface area contributed by atoms with Gasteiger partial charge in [0.05, 0.1) is 5.92 Å². The van der Waals surface area contributed by atoms with Crippen LogP contribution in [0, 0.1) is 17.7 Å². The van der Waals surface area contributed by atoms with E-state index in [1.54, 1.807) is 12.1 Å². The van der Waals surface area contributed by atoms with Gasteiger partial charge in [-0.05, 0) is 53.8 Å². The van der Waals surface area contributed by atoms with E-state index in [2.05, 4.69) is 10.6 Å². The van der Waals surface area contributed by atoms with Gasteiger partial charge >= 0.3 is 0 Å². The molecule has 0 fully saturated rings. The zero-order valence-corrected chi connectivity index (χ0v) is 16.1. The van der Waals surface area contributed by atoms with Gasteiger partial charge in [-0.25, -0.2) is 4.39 Å². The zero-order chi connectivity index (χ0) is 20.1. The number of rotatable bonds is 6. The van der Waals surface area contributed by atoms with E-state index in [4.69, 9.17) is 4.74 Å². The van der Waals surface area contributed by atoms with Crippen molar-refractivity contribution in [3.8, 4) is 5.75 Å². The van der Waals surface area contributed by atoms with Gasteiger partial charge in [0.25, 0.3) is 0 Å². The van der Waals surface area contributed by atoms with Gasteiger partial charge in [-0.3, -0.25) is 9.59 Å². The largest absolute Gasteiger partial charge is 0.492 e. The Morgan fingerprint density at radius 1 is 1.18 bits per heavy atom. The fourth-order valence-electron chi connectivity index (χ4n) is 3.16. The number of carbonyl (C=O) groups excluding carboxylic acids is 2. The number of hydrogen-bond acceptors (Lipinski definition) is 3. The standard InChI is InChI=1S/C22H25FN2O3/c1-14(2)9-21(26)25-19-7-8-20-16(11-19)10-17(13-28-20)22(27)24-12-15-3-5-18(23)6-4-15/h3-8,11,14,17H,9-10,12-13H2,1-2H3,(H,24,27)(H,25,26). The molecule has 1 aliphatic heterocycles. The molecule has 1 unspecified atom stereocenters. The first-order valence-corrected chi connectivity index (χ1v) is 9.48. The van der Waals surface area contributed by atoms with Crippen LogP contribution >= 0.6 is 0 Å². The molecule has 148 valence electrons. The summed E-state index contributed by atoms with van der Waals surface area (Å²) in [4.78, 5) is 24.5. The molecular weight excluding hydrogens is 359 g/mol. The van der Waals surface area contributed by atoms with Gasteiger partial charge in [0, 0.05) is 18.7 Å². The molecule has 2 aromatic rings.